The van der Waals surface area contributed by atoms with Gasteiger partial charge in [0.25, 0.3) is 5.91 Å². The fourth-order valence-corrected chi connectivity index (χ4v) is 3.03. The molecule has 0 heterocycles. The summed E-state index contributed by atoms with van der Waals surface area (Å²) >= 11 is 0. The second-order valence-electron chi connectivity index (χ2n) is 6.95. The van der Waals surface area contributed by atoms with Crippen LogP contribution in [-0.2, 0) is 6.61 Å². The van der Waals surface area contributed by atoms with Gasteiger partial charge in [-0.1, -0.05) is 30.3 Å². The highest BCUT2D eigenvalue weighted by molar-refractivity contribution is 5.95. The minimum absolute atomic E-state index is 0.157. The summed E-state index contributed by atoms with van der Waals surface area (Å²) in [6, 6.07) is 13.9. The smallest absolute Gasteiger partial charge is 0.251 e. The van der Waals surface area contributed by atoms with Crippen molar-refractivity contribution in [3.63, 3.8) is 0 Å². The van der Waals surface area contributed by atoms with E-state index in [2.05, 4.69) is 17.3 Å². The number of nitrogens with zero attached hydrogens (tertiary/aromatic N) is 1. The van der Waals surface area contributed by atoms with Crippen LogP contribution in [0.15, 0.2) is 42.5 Å². The molecule has 6 heteroatoms. The molecule has 1 amide bonds. The molecule has 3 rings (SSSR count). The number of benzene rings is 2. The highest BCUT2D eigenvalue weighted by Crippen LogP contribution is 2.39. The number of hydrogen-bond donors (Lipinski definition) is 1. The number of likely N-dealkylation sites (N-methyl/N-ethyl adjacent to an activating group) is 1. The van der Waals surface area contributed by atoms with Crippen LogP contribution in [0.3, 0.4) is 0 Å². The van der Waals surface area contributed by atoms with E-state index in [0.717, 1.165) is 12.1 Å². The molecule has 1 aliphatic carbocycles. The lowest BCUT2D eigenvalue weighted by molar-refractivity contribution is 0.0948. The lowest BCUT2D eigenvalue weighted by Crippen LogP contribution is -2.34. The van der Waals surface area contributed by atoms with Gasteiger partial charge in [0, 0.05) is 24.7 Å². The van der Waals surface area contributed by atoms with Gasteiger partial charge in [-0.3, -0.25) is 4.79 Å². The molecular formula is C22H28N2O4. The van der Waals surface area contributed by atoms with E-state index in [9.17, 15) is 4.79 Å². The Kier molecular flexibility index (Phi) is 6.76. The minimum Gasteiger partial charge on any atom is -0.493 e. The number of methoxy groups -OCH3 is 2. The Balaban J connectivity index is 1.67. The van der Waals surface area contributed by atoms with Gasteiger partial charge < -0.3 is 24.4 Å². The molecule has 1 saturated carbocycles. The zero-order chi connectivity index (χ0) is 19.9. The Bertz CT molecular complexity index is 765. The van der Waals surface area contributed by atoms with Gasteiger partial charge in [-0.25, -0.2) is 0 Å². The molecule has 0 bridgehead atoms. The fraction of sp³-hybridized carbons (Fsp3) is 0.409. The monoisotopic (exact) mass is 384 g/mol. The maximum absolute atomic E-state index is 12.6. The highest BCUT2D eigenvalue weighted by atomic mass is 16.5. The zero-order valence-corrected chi connectivity index (χ0v) is 16.7. The lowest BCUT2D eigenvalue weighted by atomic mass is 10.1. The third-order valence-electron chi connectivity index (χ3n) is 4.87. The SMILES string of the molecule is COc1cc(C(=O)NCCN(C)C2CC2)cc(OC)c1OCc1ccccc1. The molecule has 0 aromatic heterocycles. The summed E-state index contributed by atoms with van der Waals surface area (Å²) < 4.78 is 16.8. The molecule has 1 aliphatic rings. The van der Waals surface area contributed by atoms with Gasteiger partial charge in [0.15, 0.2) is 11.5 Å². The molecule has 1 N–H and O–H groups in total. The molecule has 1 fully saturated rings. The average molecular weight is 384 g/mol. The second-order valence-corrected chi connectivity index (χ2v) is 6.95. The van der Waals surface area contributed by atoms with E-state index in [-0.39, 0.29) is 5.91 Å². The van der Waals surface area contributed by atoms with Gasteiger partial charge in [-0.15, -0.1) is 0 Å². The molecule has 0 aliphatic heterocycles. The summed E-state index contributed by atoms with van der Waals surface area (Å²) in [4.78, 5) is 14.8. The largest absolute Gasteiger partial charge is 0.493 e. The third-order valence-corrected chi connectivity index (χ3v) is 4.87. The van der Waals surface area contributed by atoms with Crippen molar-refractivity contribution in [2.24, 2.45) is 0 Å². The normalized spacial score (nSPS) is 13.3. The number of rotatable bonds is 10. The first-order chi connectivity index (χ1) is 13.6. The third kappa shape index (κ3) is 5.16. The van der Waals surface area contributed by atoms with E-state index in [4.69, 9.17) is 14.2 Å². The van der Waals surface area contributed by atoms with Crippen molar-refractivity contribution in [3.05, 3.63) is 53.6 Å². The summed E-state index contributed by atoms with van der Waals surface area (Å²) in [7, 11) is 5.20. The van der Waals surface area contributed by atoms with E-state index in [1.807, 2.05) is 30.3 Å². The topological polar surface area (TPSA) is 60.0 Å². The van der Waals surface area contributed by atoms with Crippen molar-refractivity contribution in [3.8, 4) is 17.2 Å². The zero-order valence-electron chi connectivity index (χ0n) is 16.7. The molecule has 2 aromatic carbocycles. The predicted octanol–water partition coefficient (Wildman–Crippen LogP) is 3.11. The Morgan fingerprint density at radius 3 is 2.32 bits per heavy atom. The Morgan fingerprint density at radius 1 is 1.11 bits per heavy atom. The van der Waals surface area contributed by atoms with Crippen LogP contribution in [0, 0.1) is 0 Å². The number of nitrogens with one attached hydrogen (secondary N) is 1. The van der Waals surface area contributed by atoms with Gasteiger partial charge in [0.05, 0.1) is 14.2 Å². The van der Waals surface area contributed by atoms with Crippen molar-refractivity contribution in [2.45, 2.75) is 25.5 Å². The average Bonchev–Trinajstić information content (AvgIpc) is 3.57. The van der Waals surface area contributed by atoms with Gasteiger partial charge in [-0.2, -0.15) is 0 Å². The maximum Gasteiger partial charge on any atom is 0.251 e. The van der Waals surface area contributed by atoms with Crippen molar-refractivity contribution in [2.75, 3.05) is 34.4 Å². The first kappa shape index (κ1) is 20.0. The van der Waals surface area contributed by atoms with Crippen molar-refractivity contribution in [1.29, 1.82) is 0 Å². The number of carbonyl (C=O) groups is 1. The van der Waals surface area contributed by atoms with Gasteiger partial charge in [0.2, 0.25) is 5.75 Å². The number of ether oxygens (including phenoxy) is 3. The van der Waals surface area contributed by atoms with Crippen molar-refractivity contribution >= 4 is 5.91 Å². The predicted molar refractivity (Wildman–Crippen MR) is 108 cm³/mol. The highest BCUT2D eigenvalue weighted by Gasteiger charge is 2.25. The van der Waals surface area contributed by atoms with E-state index >= 15 is 0 Å². The molecule has 0 spiro atoms. The Labute approximate surface area is 166 Å². The minimum atomic E-state index is -0.157. The summed E-state index contributed by atoms with van der Waals surface area (Å²) in [6.45, 7) is 1.82. The van der Waals surface area contributed by atoms with Gasteiger partial charge >= 0.3 is 0 Å². The van der Waals surface area contributed by atoms with Crippen LogP contribution < -0.4 is 19.5 Å². The molecule has 0 unspecified atom stereocenters. The quantitative estimate of drug-likeness (QED) is 0.682. The standard InChI is InChI=1S/C22H28N2O4/c1-24(18-9-10-18)12-11-23-22(25)17-13-19(26-2)21(20(14-17)27-3)28-15-16-7-5-4-6-8-16/h4-8,13-14,18H,9-12,15H2,1-3H3,(H,23,25). The molecular weight excluding hydrogens is 356 g/mol. The van der Waals surface area contributed by atoms with Crippen LogP contribution in [0.1, 0.15) is 28.8 Å². The molecule has 0 radical (unpaired) electrons. The number of hydrogen-bond acceptors (Lipinski definition) is 5. The molecule has 0 atom stereocenters. The number of amides is 1. The van der Waals surface area contributed by atoms with E-state index in [1.165, 1.54) is 12.8 Å². The van der Waals surface area contributed by atoms with E-state index in [1.54, 1.807) is 26.4 Å². The van der Waals surface area contributed by atoms with Crippen LogP contribution in [0.25, 0.3) is 0 Å². The van der Waals surface area contributed by atoms with Crippen LogP contribution in [0.5, 0.6) is 17.2 Å². The van der Waals surface area contributed by atoms with E-state index in [0.29, 0.717) is 42.0 Å². The lowest BCUT2D eigenvalue weighted by Gasteiger charge is -2.17. The summed E-state index contributed by atoms with van der Waals surface area (Å²) in [5, 5.41) is 2.96. The summed E-state index contributed by atoms with van der Waals surface area (Å²) in [5.41, 5.74) is 1.52. The number of carbonyl (C=O) groups excluding carboxylic acids is 1. The van der Waals surface area contributed by atoms with Crippen LogP contribution >= 0.6 is 0 Å². The van der Waals surface area contributed by atoms with Crippen LogP contribution in [0.4, 0.5) is 0 Å². The first-order valence-electron chi connectivity index (χ1n) is 9.53. The fourth-order valence-electron chi connectivity index (χ4n) is 3.03. The summed E-state index contributed by atoms with van der Waals surface area (Å²) in [6.07, 6.45) is 2.51. The van der Waals surface area contributed by atoms with E-state index < -0.39 is 0 Å². The Hall–Kier alpha value is -2.73. The molecule has 150 valence electrons. The van der Waals surface area contributed by atoms with Gasteiger partial charge in [-0.05, 0) is 37.6 Å². The first-order valence-corrected chi connectivity index (χ1v) is 9.53. The molecule has 2 aromatic rings. The Morgan fingerprint density at radius 2 is 1.75 bits per heavy atom. The van der Waals surface area contributed by atoms with Crippen LogP contribution in [-0.4, -0.2) is 51.2 Å². The molecule has 0 saturated heterocycles. The summed E-state index contributed by atoms with van der Waals surface area (Å²) in [5.74, 6) is 1.26. The van der Waals surface area contributed by atoms with Crippen molar-refractivity contribution in [1.82, 2.24) is 10.2 Å². The van der Waals surface area contributed by atoms with Gasteiger partial charge in [0.1, 0.15) is 6.61 Å². The van der Waals surface area contributed by atoms with Crippen molar-refractivity contribution < 1.29 is 19.0 Å². The van der Waals surface area contributed by atoms with Crippen LogP contribution in [0.2, 0.25) is 0 Å². The molecule has 6 nitrogen and oxygen atoms in total. The maximum atomic E-state index is 12.6. The molecule has 28 heavy (non-hydrogen) atoms. The second kappa shape index (κ2) is 9.46.